The van der Waals surface area contributed by atoms with Crippen molar-refractivity contribution in [3.8, 4) is 0 Å². The number of halogens is 6. The molecule has 0 saturated heterocycles. The van der Waals surface area contributed by atoms with Crippen molar-refractivity contribution in [1.82, 2.24) is 0 Å². The monoisotopic (exact) mass is 298 g/mol. The quantitative estimate of drug-likeness (QED) is 0.548. The van der Waals surface area contributed by atoms with E-state index >= 15 is 0 Å². The predicted molar refractivity (Wildman–Crippen MR) is 54.2 cm³/mol. The molecule has 0 bridgehead atoms. The first-order valence-corrected chi connectivity index (χ1v) is 13.9. The minimum Gasteiger partial charge on any atom is -0.115 e. The molecule has 0 aromatic rings. The van der Waals surface area contributed by atoms with Crippen LogP contribution in [-0.2, 0) is 0 Å². The fourth-order valence-electron chi connectivity index (χ4n) is 0.131. The minimum absolute atomic E-state index is 0.884. The summed E-state index contributed by atoms with van der Waals surface area (Å²) in [4.78, 5) is 0. The molecule has 9 heavy (non-hydrogen) atoms. The average Bonchev–Trinajstić information content (AvgIpc) is 1.14. The Morgan fingerprint density at radius 3 is 0.889 bits per heavy atom. The van der Waals surface area contributed by atoms with Crippen LogP contribution in [0.1, 0.15) is 0 Å². The molecule has 0 N–H and O–H groups in total. The molecule has 0 aliphatic rings. The molecule has 0 unspecified atom stereocenters. The molecule has 0 aliphatic carbocycles. The van der Waals surface area contributed by atoms with Crippen LogP contribution in [0.15, 0.2) is 0 Å². The lowest BCUT2D eigenvalue weighted by molar-refractivity contribution is 3.78. The van der Waals surface area contributed by atoms with Gasteiger partial charge in [-0.15, -0.1) is 77.1 Å². The predicted octanol–water partition coefficient (Wildman–Crippen LogP) is 4.02. The van der Waals surface area contributed by atoms with Crippen molar-refractivity contribution in [1.29, 1.82) is 0 Å². The molecule has 0 saturated carbocycles. The maximum absolute atomic E-state index is 5.43. The molecule has 0 radical (unpaired) electrons. The van der Waals surface area contributed by atoms with Gasteiger partial charge in [-0.1, -0.05) is 0 Å². The molecule has 0 aromatic carbocycles. The van der Waals surface area contributed by atoms with E-state index in [1.807, 2.05) is 0 Å². The first kappa shape index (κ1) is 11.5. The molecule has 0 heterocycles. The first-order valence-electron chi connectivity index (χ1n) is 1.54. The highest BCUT2D eigenvalue weighted by Crippen LogP contribution is 2.45. The lowest BCUT2D eigenvalue weighted by Crippen LogP contribution is -2.15. The molecule has 56 valence electrons. The molecule has 0 aliphatic heterocycles. The Balaban J connectivity index is 3.75. The van der Waals surface area contributed by atoms with Gasteiger partial charge in [0.05, 0.1) is 0 Å². The molecular formula is Cl6SSi2. The summed E-state index contributed by atoms with van der Waals surface area (Å²) in [5.74, 6) is 0. The summed E-state index contributed by atoms with van der Waals surface area (Å²) in [6, 6.07) is 0. The third-order valence-corrected chi connectivity index (χ3v) is 18.7. The lowest BCUT2D eigenvalue weighted by Gasteiger charge is -2.11. The minimum atomic E-state index is -2.79. The van der Waals surface area contributed by atoms with E-state index in [9.17, 15) is 0 Å². The van der Waals surface area contributed by atoms with Crippen molar-refractivity contribution in [3.63, 3.8) is 0 Å². The van der Waals surface area contributed by atoms with E-state index in [0.717, 1.165) is 10.7 Å². The van der Waals surface area contributed by atoms with E-state index in [1.165, 1.54) is 0 Å². The van der Waals surface area contributed by atoms with Gasteiger partial charge in [-0.2, -0.15) is 0 Å². The Labute approximate surface area is 86.6 Å². The summed E-state index contributed by atoms with van der Waals surface area (Å²) in [6.07, 6.45) is 0. The van der Waals surface area contributed by atoms with Crippen molar-refractivity contribution < 1.29 is 0 Å². The van der Waals surface area contributed by atoms with Crippen molar-refractivity contribution in [2.75, 3.05) is 0 Å². The van der Waals surface area contributed by atoms with Gasteiger partial charge in [0.25, 0.3) is 0 Å². The second-order valence-electron chi connectivity index (χ2n) is 0.994. The van der Waals surface area contributed by atoms with Crippen LogP contribution in [0.5, 0.6) is 0 Å². The van der Waals surface area contributed by atoms with Gasteiger partial charge >= 0.3 is 10.3 Å². The molecule has 9 heteroatoms. The third-order valence-electron chi connectivity index (χ3n) is 0.231. The van der Waals surface area contributed by atoms with E-state index < -0.39 is 10.3 Å². The summed E-state index contributed by atoms with van der Waals surface area (Å²) in [5.41, 5.74) is 0. The van der Waals surface area contributed by atoms with Crippen LogP contribution in [-0.4, -0.2) is 10.3 Å². The van der Waals surface area contributed by atoms with Crippen molar-refractivity contribution in [2.24, 2.45) is 0 Å². The van der Waals surface area contributed by atoms with Crippen LogP contribution < -0.4 is 0 Å². The van der Waals surface area contributed by atoms with Crippen LogP contribution >= 0.6 is 77.1 Å². The van der Waals surface area contributed by atoms with E-state index in [0.29, 0.717) is 0 Å². The van der Waals surface area contributed by atoms with Crippen LogP contribution in [0.2, 0.25) is 0 Å². The lowest BCUT2D eigenvalue weighted by atomic mass is 27.3. The first-order chi connectivity index (χ1) is 3.71. The highest BCUT2D eigenvalue weighted by atomic mass is 35.9. The van der Waals surface area contributed by atoms with Crippen molar-refractivity contribution in [2.45, 2.75) is 0 Å². The van der Waals surface area contributed by atoms with Gasteiger partial charge in [-0.05, 0) is 0 Å². The zero-order valence-corrected chi connectivity index (χ0v) is 11.0. The topological polar surface area (TPSA) is 0 Å². The van der Waals surface area contributed by atoms with Crippen molar-refractivity contribution >= 4 is 87.4 Å². The SMILES string of the molecule is Cl[Si](Cl)(Cl)S[Si](Cl)(Cl)Cl. The average molecular weight is 301 g/mol. The Morgan fingerprint density at radius 2 is 0.889 bits per heavy atom. The summed E-state index contributed by atoms with van der Waals surface area (Å²) < 4.78 is 0. The Hall–Kier alpha value is 2.52. The molecule has 0 rings (SSSR count). The van der Waals surface area contributed by atoms with E-state index in [4.69, 9.17) is 66.5 Å². The number of rotatable bonds is 2. The fraction of sp³-hybridized carbons (Fsp3) is 0. The molecule has 0 fully saturated rings. The van der Waals surface area contributed by atoms with Gasteiger partial charge in [-0.3, -0.25) is 0 Å². The summed E-state index contributed by atoms with van der Waals surface area (Å²) in [5, 5.41) is -5.59. The second-order valence-corrected chi connectivity index (χ2v) is 26.8. The van der Waals surface area contributed by atoms with Crippen LogP contribution in [0, 0.1) is 0 Å². The Bertz CT molecular complexity index is 76.2. The summed E-state index contributed by atoms with van der Waals surface area (Å²) in [7, 11) is 0.884. The number of hydrogen-bond acceptors (Lipinski definition) is 1. The van der Waals surface area contributed by atoms with Crippen LogP contribution in [0.25, 0.3) is 0 Å². The molecule has 0 nitrogen and oxygen atoms in total. The Morgan fingerprint density at radius 1 is 0.667 bits per heavy atom. The summed E-state index contributed by atoms with van der Waals surface area (Å²) in [6.45, 7) is 0. The standard InChI is InChI=1S/Cl6SSi2/c1-8(2,3)7-9(4,5)6. The third kappa shape index (κ3) is 10.5. The van der Waals surface area contributed by atoms with Crippen molar-refractivity contribution in [3.05, 3.63) is 0 Å². The van der Waals surface area contributed by atoms with E-state index in [1.54, 1.807) is 0 Å². The molecule has 0 atom stereocenters. The largest absolute Gasteiger partial charge is 0.402 e. The highest BCUT2D eigenvalue weighted by molar-refractivity contribution is 8.67. The maximum atomic E-state index is 5.43. The van der Waals surface area contributed by atoms with Gasteiger partial charge < -0.3 is 0 Å². The molecular weight excluding hydrogens is 301 g/mol. The molecule has 0 spiro atoms. The van der Waals surface area contributed by atoms with E-state index in [2.05, 4.69) is 0 Å². The van der Waals surface area contributed by atoms with Gasteiger partial charge in [0, 0.05) is 0 Å². The van der Waals surface area contributed by atoms with E-state index in [-0.39, 0.29) is 0 Å². The van der Waals surface area contributed by atoms with Crippen LogP contribution in [0.4, 0.5) is 0 Å². The summed E-state index contributed by atoms with van der Waals surface area (Å²) >= 11 is 32.6. The Kier molecular flexibility index (Phi) is 5.07. The second kappa shape index (κ2) is 3.96. The normalized spacial score (nSPS) is 14.0. The number of hydrogen-bond donors (Lipinski definition) is 0. The molecule has 0 aromatic heterocycles. The fourth-order valence-corrected chi connectivity index (χ4v) is 31.9. The molecule has 0 amide bonds. The van der Waals surface area contributed by atoms with Gasteiger partial charge in [0.15, 0.2) is 0 Å². The highest BCUT2D eigenvalue weighted by Gasteiger charge is 2.40. The zero-order chi connectivity index (χ0) is 7.71. The van der Waals surface area contributed by atoms with Gasteiger partial charge in [0.1, 0.15) is 0 Å². The van der Waals surface area contributed by atoms with Gasteiger partial charge in [-0.25, -0.2) is 0 Å². The smallest absolute Gasteiger partial charge is 0.115 e. The van der Waals surface area contributed by atoms with Gasteiger partial charge in [0.2, 0.25) is 0 Å². The maximum Gasteiger partial charge on any atom is 0.402 e. The zero-order valence-electron chi connectivity index (χ0n) is 3.68. The van der Waals surface area contributed by atoms with Crippen LogP contribution in [0.3, 0.4) is 0 Å².